The molecular formula is C17H27NO3. The average Bonchev–Trinajstić information content (AvgIpc) is 2.47. The lowest BCUT2D eigenvalue weighted by molar-refractivity contribution is 0.0990. The van der Waals surface area contributed by atoms with E-state index in [0.717, 1.165) is 29.8 Å². The van der Waals surface area contributed by atoms with E-state index in [4.69, 9.17) is 9.47 Å². The van der Waals surface area contributed by atoms with E-state index in [1.807, 2.05) is 38.1 Å². The second kappa shape index (κ2) is 10.4. The van der Waals surface area contributed by atoms with E-state index < -0.39 is 6.10 Å². The van der Waals surface area contributed by atoms with Gasteiger partial charge in [-0.15, -0.1) is 6.58 Å². The summed E-state index contributed by atoms with van der Waals surface area (Å²) in [5, 5.41) is 13.0. The summed E-state index contributed by atoms with van der Waals surface area (Å²) in [5.74, 6) is 0.835. The molecule has 0 aliphatic carbocycles. The summed E-state index contributed by atoms with van der Waals surface area (Å²) in [6, 6.07) is 6.06. The maximum absolute atomic E-state index is 9.87. The first-order valence-corrected chi connectivity index (χ1v) is 7.41. The van der Waals surface area contributed by atoms with Gasteiger partial charge in [0.2, 0.25) is 0 Å². The number of hydrogen-bond donors (Lipinski definition) is 2. The fraction of sp³-hybridized carbons (Fsp3) is 0.529. The van der Waals surface area contributed by atoms with Gasteiger partial charge in [-0.2, -0.15) is 0 Å². The van der Waals surface area contributed by atoms with Gasteiger partial charge < -0.3 is 19.9 Å². The van der Waals surface area contributed by atoms with Gasteiger partial charge in [0.05, 0.1) is 13.2 Å². The minimum atomic E-state index is -0.530. The number of ether oxygens (including phenoxy) is 2. The lowest BCUT2D eigenvalue weighted by Gasteiger charge is -2.15. The highest BCUT2D eigenvalue weighted by Crippen LogP contribution is 2.19. The van der Waals surface area contributed by atoms with Crippen molar-refractivity contribution in [1.82, 2.24) is 5.32 Å². The largest absolute Gasteiger partial charge is 0.491 e. The van der Waals surface area contributed by atoms with E-state index in [1.54, 1.807) is 0 Å². The van der Waals surface area contributed by atoms with E-state index in [9.17, 15) is 5.11 Å². The molecule has 0 fully saturated rings. The van der Waals surface area contributed by atoms with Crippen molar-refractivity contribution in [3.05, 3.63) is 42.0 Å². The van der Waals surface area contributed by atoms with Crippen LogP contribution in [0.1, 0.15) is 17.5 Å². The number of benzene rings is 1. The number of nitrogens with one attached hydrogen (secondary N) is 1. The van der Waals surface area contributed by atoms with Crippen LogP contribution in [0.2, 0.25) is 0 Å². The van der Waals surface area contributed by atoms with Gasteiger partial charge in [-0.3, -0.25) is 0 Å². The summed E-state index contributed by atoms with van der Waals surface area (Å²) in [4.78, 5) is 0. The van der Waals surface area contributed by atoms with Crippen molar-refractivity contribution in [2.24, 2.45) is 0 Å². The van der Waals surface area contributed by atoms with Gasteiger partial charge in [0.25, 0.3) is 0 Å². The van der Waals surface area contributed by atoms with Crippen molar-refractivity contribution in [2.75, 3.05) is 32.9 Å². The lowest BCUT2D eigenvalue weighted by atomic mass is 10.1. The van der Waals surface area contributed by atoms with Crippen LogP contribution in [0.5, 0.6) is 5.75 Å². The van der Waals surface area contributed by atoms with Crippen molar-refractivity contribution in [1.29, 1.82) is 0 Å². The van der Waals surface area contributed by atoms with E-state index in [1.165, 1.54) is 0 Å². The van der Waals surface area contributed by atoms with Gasteiger partial charge in [-0.1, -0.05) is 18.2 Å². The average molecular weight is 293 g/mol. The standard InChI is InChI=1S/C17H27NO3/c1-4-5-9-20-10-8-18-12-16(19)13-21-17-11-14(2)6-7-15(17)3/h4,6-7,11,16,18-19H,1,5,8-10,12-13H2,2-3H3. The minimum absolute atomic E-state index is 0.286. The van der Waals surface area contributed by atoms with Crippen LogP contribution in [-0.4, -0.2) is 44.1 Å². The summed E-state index contributed by atoms with van der Waals surface area (Å²) in [5.41, 5.74) is 2.23. The second-order valence-corrected chi connectivity index (χ2v) is 5.13. The van der Waals surface area contributed by atoms with Crippen LogP contribution in [0, 0.1) is 13.8 Å². The van der Waals surface area contributed by atoms with Crippen LogP contribution in [0.3, 0.4) is 0 Å². The molecule has 4 nitrogen and oxygen atoms in total. The van der Waals surface area contributed by atoms with Crippen LogP contribution in [0.15, 0.2) is 30.9 Å². The monoisotopic (exact) mass is 293 g/mol. The molecule has 1 rings (SSSR count). The predicted molar refractivity (Wildman–Crippen MR) is 85.9 cm³/mol. The molecule has 0 aromatic heterocycles. The zero-order valence-electron chi connectivity index (χ0n) is 13.1. The number of aliphatic hydroxyl groups is 1. The van der Waals surface area contributed by atoms with Crippen molar-refractivity contribution in [2.45, 2.75) is 26.4 Å². The molecule has 0 aliphatic rings. The highest BCUT2D eigenvalue weighted by atomic mass is 16.5. The molecule has 4 heteroatoms. The number of hydrogen-bond acceptors (Lipinski definition) is 4. The Hall–Kier alpha value is -1.36. The molecular weight excluding hydrogens is 266 g/mol. The Balaban J connectivity index is 2.12. The van der Waals surface area contributed by atoms with Crippen LogP contribution >= 0.6 is 0 Å². The van der Waals surface area contributed by atoms with Gasteiger partial charge in [-0.25, -0.2) is 0 Å². The van der Waals surface area contributed by atoms with Gasteiger partial charge in [0, 0.05) is 13.1 Å². The molecule has 1 unspecified atom stereocenters. The van der Waals surface area contributed by atoms with E-state index in [0.29, 0.717) is 19.8 Å². The molecule has 0 heterocycles. The molecule has 1 aromatic carbocycles. The maximum Gasteiger partial charge on any atom is 0.122 e. The zero-order chi connectivity index (χ0) is 15.5. The van der Waals surface area contributed by atoms with Crippen molar-refractivity contribution < 1.29 is 14.6 Å². The summed E-state index contributed by atoms with van der Waals surface area (Å²) in [6.45, 7) is 10.5. The molecule has 2 N–H and O–H groups in total. The molecule has 0 aliphatic heterocycles. The third-order valence-electron chi connectivity index (χ3n) is 3.04. The smallest absolute Gasteiger partial charge is 0.122 e. The minimum Gasteiger partial charge on any atom is -0.491 e. The first kappa shape index (κ1) is 17.7. The Labute approximate surface area is 127 Å². The highest BCUT2D eigenvalue weighted by Gasteiger charge is 2.06. The normalized spacial score (nSPS) is 12.1. The first-order valence-electron chi connectivity index (χ1n) is 7.41. The van der Waals surface area contributed by atoms with Crippen LogP contribution in [0.4, 0.5) is 0 Å². The fourth-order valence-corrected chi connectivity index (χ4v) is 1.79. The molecule has 118 valence electrons. The molecule has 1 atom stereocenters. The van der Waals surface area contributed by atoms with Crippen molar-refractivity contribution in [3.8, 4) is 5.75 Å². The Kier molecular flexibility index (Phi) is 8.74. The summed E-state index contributed by atoms with van der Waals surface area (Å²) >= 11 is 0. The highest BCUT2D eigenvalue weighted by molar-refractivity contribution is 5.35. The molecule has 0 saturated carbocycles. The van der Waals surface area contributed by atoms with Crippen molar-refractivity contribution >= 4 is 0 Å². The van der Waals surface area contributed by atoms with Crippen molar-refractivity contribution in [3.63, 3.8) is 0 Å². The summed E-state index contributed by atoms with van der Waals surface area (Å²) < 4.78 is 11.0. The van der Waals surface area contributed by atoms with Crippen LogP contribution in [0.25, 0.3) is 0 Å². The maximum atomic E-state index is 9.87. The van der Waals surface area contributed by atoms with E-state index in [2.05, 4.69) is 11.9 Å². The van der Waals surface area contributed by atoms with Gasteiger partial charge >= 0.3 is 0 Å². The quantitative estimate of drug-likeness (QED) is 0.485. The number of aryl methyl sites for hydroxylation is 2. The molecule has 0 amide bonds. The Morgan fingerprint density at radius 3 is 2.90 bits per heavy atom. The first-order chi connectivity index (χ1) is 10.1. The number of rotatable bonds is 11. The lowest BCUT2D eigenvalue weighted by Crippen LogP contribution is -2.33. The fourth-order valence-electron chi connectivity index (χ4n) is 1.79. The van der Waals surface area contributed by atoms with Gasteiger partial charge in [0.1, 0.15) is 18.5 Å². The third kappa shape index (κ3) is 7.85. The Morgan fingerprint density at radius 1 is 1.33 bits per heavy atom. The predicted octanol–water partition coefficient (Wildman–Crippen LogP) is 2.23. The molecule has 21 heavy (non-hydrogen) atoms. The van der Waals surface area contributed by atoms with E-state index >= 15 is 0 Å². The SMILES string of the molecule is C=CCCOCCNCC(O)COc1cc(C)ccc1C. The van der Waals surface area contributed by atoms with Crippen LogP contribution < -0.4 is 10.1 Å². The van der Waals surface area contributed by atoms with Gasteiger partial charge in [-0.05, 0) is 37.5 Å². The molecule has 1 aromatic rings. The van der Waals surface area contributed by atoms with Gasteiger partial charge in [0.15, 0.2) is 0 Å². The molecule has 0 bridgehead atoms. The van der Waals surface area contributed by atoms with E-state index in [-0.39, 0.29) is 6.61 Å². The molecule has 0 saturated heterocycles. The summed E-state index contributed by atoms with van der Waals surface area (Å²) in [6.07, 6.45) is 2.17. The zero-order valence-corrected chi connectivity index (χ0v) is 13.1. The third-order valence-corrected chi connectivity index (χ3v) is 3.04. The summed E-state index contributed by atoms with van der Waals surface area (Å²) in [7, 11) is 0. The van der Waals surface area contributed by atoms with Crippen LogP contribution in [-0.2, 0) is 4.74 Å². The Morgan fingerprint density at radius 2 is 2.14 bits per heavy atom. The topological polar surface area (TPSA) is 50.7 Å². The second-order valence-electron chi connectivity index (χ2n) is 5.13. The molecule has 0 spiro atoms. The number of aliphatic hydroxyl groups excluding tert-OH is 1. The molecule has 0 radical (unpaired) electrons. The Bertz CT molecular complexity index is 420.